The lowest BCUT2D eigenvalue weighted by atomic mass is 9.94. The van der Waals surface area contributed by atoms with Crippen LogP contribution in [0.15, 0.2) is 36.4 Å². The van der Waals surface area contributed by atoms with Gasteiger partial charge < -0.3 is 20.3 Å². The molecule has 0 spiro atoms. The standard InChI is InChI=1S/C36H55N3O4/c1-11-12-13-14-15-21-39(34(41)30(22-24(2)3)37-35(42)43-36(8,9)10)32(29-20-19-25(4)23-28(29)7)33(40)38-31-26(5)17-16-18-27(31)6/h16-20,23-24,30,32H,11-15,21-22H2,1-10H3,(H,37,42)(H,38,40). The maximum Gasteiger partial charge on any atom is 0.408 e. The van der Waals surface area contributed by atoms with Crippen LogP contribution in [0.3, 0.4) is 0 Å². The molecule has 7 nitrogen and oxygen atoms in total. The molecule has 0 aliphatic rings. The number of hydrogen-bond acceptors (Lipinski definition) is 4. The fourth-order valence-corrected chi connectivity index (χ4v) is 5.38. The lowest BCUT2D eigenvalue weighted by molar-refractivity contribution is -0.141. The Bertz CT molecular complexity index is 1210. The zero-order valence-electron chi connectivity index (χ0n) is 28.2. The van der Waals surface area contributed by atoms with Crippen LogP contribution in [-0.2, 0) is 14.3 Å². The van der Waals surface area contributed by atoms with E-state index in [1.807, 2.05) is 77.9 Å². The molecule has 0 fully saturated rings. The Hall–Kier alpha value is -3.35. The van der Waals surface area contributed by atoms with Gasteiger partial charge in [-0.05, 0) is 89.5 Å². The van der Waals surface area contributed by atoms with Crippen molar-refractivity contribution in [3.8, 4) is 0 Å². The molecule has 2 aromatic carbocycles. The molecule has 0 aliphatic carbocycles. The molecular formula is C36H55N3O4. The molecule has 0 aliphatic heterocycles. The van der Waals surface area contributed by atoms with Crippen molar-refractivity contribution in [2.75, 3.05) is 11.9 Å². The molecule has 2 aromatic rings. The predicted octanol–water partition coefficient (Wildman–Crippen LogP) is 8.34. The highest BCUT2D eigenvalue weighted by Gasteiger charge is 2.37. The van der Waals surface area contributed by atoms with Gasteiger partial charge in [-0.15, -0.1) is 0 Å². The monoisotopic (exact) mass is 593 g/mol. The molecule has 0 saturated heterocycles. The summed E-state index contributed by atoms with van der Waals surface area (Å²) in [5.74, 6) is -0.429. The molecule has 0 saturated carbocycles. The van der Waals surface area contributed by atoms with Gasteiger partial charge in [-0.2, -0.15) is 0 Å². The number of rotatable bonds is 14. The minimum Gasteiger partial charge on any atom is -0.444 e. The second-order valence-electron chi connectivity index (χ2n) is 13.3. The normalized spacial score (nSPS) is 12.9. The average Bonchev–Trinajstić information content (AvgIpc) is 2.88. The molecule has 0 bridgehead atoms. The highest BCUT2D eigenvalue weighted by Crippen LogP contribution is 2.30. The number of para-hydroxylation sites is 1. The maximum absolute atomic E-state index is 14.6. The van der Waals surface area contributed by atoms with E-state index < -0.39 is 23.8 Å². The number of carbonyl (C=O) groups is 3. The van der Waals surface area contributed by atoms with Crippen molar-refractivity contribution in [1.82, 2.24) is 10.2 Å². The second-order valence-corrected chi connectivity index (χ2v) is 13.3. The van der Waals surface area contributed by atoms with Gasteiger partial charge >= 0.3 is 6.09 Å². The Morgan fingerprint density at radius 1 is 0.884 bits per heavy atom. The van der Waals surface area contributed by atoms with E-state index in [9.17, 15) is 14.4 Å². The Morgan fingerprint density at radius 2 is 1.51 bits per heavy atom. The summed E-state index contributed by atoms with van der Waals surface area (Å²) in [7, 11) is 0. The molecule has 2 atom stereocenters. The Labute approximate surface area is 260 Å². The van der Waals surface area contributed by atoms with E-state index in [1.165, 1.54) is 0 Å². The molecule has 0 aromatic heterocycles. The molecule has 2 unspecified atom stereocenters. The van der Waals surface area contributed by atoms with Crippen LogP contribution in [-0.4, -0.2) is 41.0 Å². The number of unbranched alkanes of at least 4 members (excludes halogenated alkanes) is 4. The third-order valence-corrected chi connectivity index (χ3v) is 7.49. The van der Waals surface area contributed by atoms with Crippen molar-refractivity contribution in [3.05, 3.63) is 64.2 Å². The highest BCUT2D eigenvalue weighted by atomic mass is 16.6. The smallest absolute Gasteiger partial charge is 0.408 e. The van der Waals surface area contributed by atoms with Crippen LogP contribution >= 0.6 is 0 Å². The van der Waals surface area contributed by atoms with E-state index in [4.69, 9.17) is 4.74 Å². The van der Waals surface area contributed by atoms with Gasteiger partial charge in [0.05, 0.1) is 0 Å². The Kier molecular flexibility index (Phi) is 13.7. The first kappa shape index (κ1) is 35.8. The number of benzene rings is 2. The summed E-state index contributed by atoms with van der Waals surface area (Å²) in [6, 6.07) is 10.2. The molecule has 238 valence electrons. The number of alkyl carbamates (subject to hydrolysis) is 1. The molecule has 0 heterocycles. The number of nitrogens with zero attached hydrogens (tertiary/aromatic N) is 1. The quantitative estimate of drug-likeness (QED) is 0.216. The van der Waals surface area contributed by atoms with Crippen molar-refractivity contribution < 1.29 is 19.1 Å². The fraction of sp³-hybridized carbons (Fsp3) is 0.583. The minimum atomic E-state index is -0.881. The van der Waals surface area contributed by atoms with Gasteiger partial charge in [0.2, 0.25) is 5.91 Å². The number of carbonyl (C=O) groups excluding carboxylic acids is 3. The van der Waals surface area contributed by atoms with Gasteiger partial charge in [-0.1, -0.05) is 88.4 Å². The van der Waals surface area contributed by atoms with Crippen molar-refractivity contribution in [3.63, 3.8) is 0 Å². The van der Waals surface area contributed by atoms with Crippen LogP contribution in [0.5, 0.6) is 0 Å². The van der Waals surface area contributed by atoms with E-state index in [0.29, 0.717) is 13.0 Å². The van der Waals surface area contributed by atoms with Crippen molar-refractivity contribution in [2.24, 2.45) is 5.92 Å². The zero-order valence-corrected chi connectivity index (χ0v) is 28.2. The summed E-state index contributed by atoms with van der Waals surface area (Å²) in [4.78, 5) is 43.5. The summed E-state index contributed by atoms with van der Waals surface area (Å²) < 4.78 is 5.54. The number of anilines is 1. The Morgan fingerprint density at radius 3 is 2.07 bits per heavy atom. The first-order valence-electron chi connectivity index (χ1n) is 15.9. The van der Waals surface area contributed by atoms with Gasteiger partial charge in [0.25, 0.3) is 5.91 Å². The highest BCUT2D eigenvalue weighted by molar-refractivity contribution is 6.00. The molecule has 2 N–H and O–H groups in total. The number of hydrogen-bond donors (Lipinski definition) is 2. The van der Waals surface area contributed by atoms with E-state index in [0.717, 1.165) is 65.6 Å². The van der Waals surface area contributed by atoms with Crippen molar-refractivity contribution in [2.45, 2.75) is 125 Å². The van der Waals surface area contributed by atoms with Crippen molar-refractivity contribution in [1.29, 1.82) is 0 Å². The van der Waals surface area contributed by atoms with Crippen LogP contribution < -0.4 is 10.6 Å². The van der Waals surface area contributed by atoms with Crippen LogP contribution in [0.4, 0.5) is 10.5 Å². The topological polar surface area (TPSA) is 87.7 Å². The third kappa shape index (κ3) is 11.3. The summed E-state index contributed by atoms with van der Waals surface area (Å²) in [6.07, 6.45) is 4.78. The maximum atomic E-state index is 14.6. The third-order valence-electron chi connectivity index (χ3n) is 7.49. The molecule has 0 radical (unpaired) electrons. The second kappa shape index (κ2) is 16.5. The van der Waals surface area contributed by atoms with Gasteiger partial charge in [0.15, 0.2) is 0 Å². The zero-order chi connectivity index (χ0) is 32.3. The summed E-state index contributed by atoms with van der Waals surface area (Å²) in [6.45, 7) is 19.9. The van der Waals surface area contributed by atoms with Crippen LogP contribution in [0, 0.1) is 33.6 Å². The van der Waals surface area contributed by atoms with Crippen LogP contribution in [0.1, 0.15) is 114 Å². The SMILES string of the molecule is CCCCCCCN(C(=O)C(CC(C)C)NC(=O)OC(C)(C)C)C(C(=O)Nc1c(C)cccc1C)c1ccc(C)cc1C. The minimum absolute atomic E-state index is 0.123. The number of amides is 3. The van der Waals surface area contributed by atoms with E-state index in [-0.39, 0.29) is 17.7 Å². The van der Waals surface area contributed by atoms with Gasteiger partial charge in [0.1, 0.15) is 17.7 Å². The first-order chi connectivity index (χ1) is 20.1. The van der Waals surface area contributed by atoms with Crippen LogP contribution in [0.25, 0.3) is 0 Å². The lowest BCUT2D eigenvalue weighted by Crippen LogP contribution is -2.53. The first-order valence-corrected chi connectivity index (χ1v) is 15.9. The van der Waals surface area contributed by atoms with Gasteiger partial charge in [-0.25, -0.2) is 4.79 Å². The molecule has 2 rings (SSSR count). The van der Waals surface area contributed by atoms with E-state index in [1.54, 1.807) is 25.7 Å². The molecule has 3 amide bonds. The molecule has 7 heteroatoms. The molecule has 43 heavy (non-hydrogen) atoms. The Balaban J connectivity index is 2.62. The van der Waals surface area contributed by atoms with E-state index >= 15 is 0 Å². The summed E-state index contributed by atoms with van der Waals surface area (Å²) in [5, 5.41) is 6.02. The number of aryl methyl sites for hydroxylation is 4. The van der Waals surface area contributed by atoms with Gasteiger partial charge in [0, 0.05) is 12.2 Å². The number of nitrogens with one attached hydrogen (secondary N) is 2. The van der Waals surface area contributed by atoms with E-state index in [2.05, 4.69) is 17.6 Å². The summed E-state index contributed by atoms with van der Waals surface area (Å²) in [5.41, 5.74) is 4.74. The van der Waals surface area contributed by atoms with Crippen LogP contribution in [0.2, 0.25) is 0 Å². The molecular weight excluding hydrogens is 538 g/mol. The number of ether oxygens (including phenoxy) is 1. The average molecular weight is 594 g/mol. The van der Waals surface area contributed by atoms with Crippen molar-refractivity contribution >= 4 is 23.6 Å². The predicted molar refractivity (Wildman–Crippen MR) is 176 cm³/mol. The fourth-order valence-electron chi connectivity index (χ4n) is 5.38. The lowest BCUT2D eigenvalue weighted by Gasteiger charge is -2.36. The van der Waals surface area contributed by atoms with Gasteiger partial charge in [-0.3, -0.25) is 9.59 Å². The largest absolute Gasteiger partial charge is 0.444 e. The summed E-state index contributed by atoms with van der Waals surface area (Å²) >= 11 is 0.